The zero-order chi connectivity index (χ0) is 13.5. The molecule has 0 saturated heterocycles. The average Bonchev–Trinajstić information content (AvgIpc) is 2.29. The Morgan fingerprint density at radius 2 is 1.06 bits per heavy atom. The molecule has 0 aromatic carbocycles. The smallest absolute Gasteiger partial charge is 0.343 e. The SMILES string of the molecule is CCCCCCCCCCC.NC(=O)N(N)N. The van der Waals surface area contributed by atoms with Crippen LogP contribution in [0, 0.1) is 0 Å². The lowest BCUT2D eigenvalue weighted by Gasteiger charge is -2.00. The van der Waals surface area contributed by atoms with Crippen molar-refractivity contribution in [2.75, 3.05) is 0 Å². The van der Waals surface area contributed by atoms with Crippen LogP contribution in [-0.4, -0.2) is 11.1 Å². The van der Waals surface area contributed by atoms with E-state index in [-0.39, 0.29) is 0 Å². The molecule has 0 radical (unpaired) electrons. The summed E-state index contributed by atoms with van der Waals surface area (Å²) in [6.45, 7) is 4.55. The zero-order valence-corrected chi connectivity index (χ0v) is 11.5. The van der Waals surface area contributed by atoms with Gasteiger partial charge in [-0.3, -0.25) is 0 Å². The van der Waals surface area contributed by atoms with Crippen LogP contribution in [0.3, 0.4) is 0 Å². The first kappa shape index (κ1) is 18.6. The van der Waals surface area contributed by atoms with Crippen LogP contribution in [0.1, 0.15) is 71.6 Å². The summed E-state index contributed by atoms with van der Waals surface area (Å²) in [5.41, 5.74) is 4.47. The molecule has 0 aliphatic carbocycles. The van der Waals surface area contributed by atoms with Crippen LogP contribution < -0.4 is 17.4 Å². The summed E-state index contributed by atoms with van der Waals surface area (Å²) in [6.07, 6.45) is 13.0. The number of carbonyl (C=O) groups excluding carboxylic acids is 1. The van der Waals surface area contributed by atoms with E-state index in [0.29, 0.717) is 5.12 Å². The van der Waals surface area contributed by atoms with Crippen molar-refractivity contribution in [2.45, 2.75) is 71.6 Å². The molecule has 0 aromatic rings. The highest BCUT2D eigenvalue weighted by molar-refractivity contribution is 5.70. The molecule has 0 rings (SSSR count). The number of carbonyl (C=O) groups is 1. The van der Waals surface area contributed by atoms with Gasteiger partial charge in [-0.2, -0.15) is 5.12 Å². The topological polar surface area (TPSA) is 98.4 Å². The van der Waals surface area contributed by atoms with Gasteiger partial charge in [0.15, 0.2) is 0 Å². The number of nitrogens with zero attached hydrogens (tertiary/aromatic N) is 1. The van der Waals surface area contributed by atoms with Crippen LogP contribution in [0.5, 0.6) is 0 Å². The summed E-state index contributed by atoms with van der Waals surface area (Å²) in [5, 5.41) is 0.306. The molecule has 0 aromatic heterocycles. The van der Waals surface area contributed by atoms with Gasteiger partial charge >= 0.3 is 6.03 Å². The molecule has 0 saturated carbocycles. The van der Waals surface area contributed by atoms with Crippen LogP contribution in [0.4, 0.5) is 4.79 Å². The first-order valence-corrected chi connectivity index (χ1v) is 6.65. The quantitative estimate of drug-likeness (QED) is 0.266. The number of urea groups is 1. The summed E-state index contributed by atoms with van der Waals surface area (Å²) in [6, 6.07) is -0.852. The van der Waals surface area contributed by atoms with Gasteiger partial charge in [-0.05, 0) is 0 Å². The highest BCUT2D eigenvalue weighted by Gasteiger charge is 1.90. The summed E-state index contributed by atoms with van der Waals surface area (Å²) in [5.74, 6) is 9.14. The first-order valence-electron chi connectivity index (χ1n) is 6.65. The third-order valence-electron chi connectivity index (χ3n) is 2.46. The van der Waals surface area contributed by atoms with Crippen molar-refractivity contribution in [3.63, 3.8) is 0 Å². The maximum Gasteiger partial charge on any atom is 0.343 e. The van der Waals surface area contributed by atoms with Crippen LogP contribution >= 0.6 is 0 Å². The molecule has 0 heterocycles. The van der Waals surface area contributed by atoms with Crippen molar-refractivity contribution in [2.24, 2.45) is 17.4 Å². The van der Waals surface area contributed by atoms with Gasteiger partial charge in [0.25, 0.3) is 0 Å². The minimum atomic E-state index is -0.852. The minimum Gasteiger partial charge on any atom is -0.349 e. The number of unbranched alkanes of at least 4 members (excludes halogenated alkanes) is 8. The number of rotatable bonds is 8. The van der Waals surface area contributed by atoms with Gasteiger partial charge in [-0.25, -0.2) is 16.5 Å². The van der Waals surface area contributed by atoms with E-state index >= 15 is 0 Å². The van der Waals surface area contributed by atoms with Crippen molar-refractivity contribution in [3.05, 3.63) is 0 Å². The highest BCUT2D eigenvalue weighted by atomic mass is 16.2. The van der Waals surface area contributed by atoms with Crippen molar-refractivity contribution in [1.82, 2.24) is 5.12 Å². The Bertz CT molecular complexity index is 155. The van der Waals surface area contributed by atoms with Gasteiger partial charge in [0, 0.05) is 0 Å². The fourth-order valence-corrected chi connectivity index (χ4v) is 1.38. The summed E-state index contributed by atoms with van der Waals surface area (Å²) in [4.78, 5) is 9.60. The summed E-state index contributed by atoms with van der Waals surface area (Å²) in [7, 11) is 0. The number of amides is 2. The lowest BCUT2D eigenvalue weighted by atomic mass is 10.1. The lowest BCUT2D eigenvalue weighted by molar-refractivity contribution is 0.210. The Balaban J connectivity index is 0. The molecule has 17 heavy (non-hydrogen) atoms. The van der Waals surface area contributed by atoms with E-state index in [1.165, 1.54) is 57.8 Å². The fourth-order valence-electron chi connectivity index (χ4n) is 1.38. The van der Waals surface area contributed by atoms with Gasteiger partial charge < -0.3 is 5.73 Å². The second-order valence-corrected chi connectivity index (χ2v) is 4.22. The molecule has 0 bridgehead atoms. The Hall–Kier alpha value is -0.810. The lowest BCUT2D eigenvalue weighted by Crippen LogP contribution is -2.46. The number of hydrogen-bond donors (Lipinski definition) is 3. The van der Waals surface area contributed by atoms with Crippen LogP contribution in [0.25, 0.3) is 0 Å². The molecule has 0 aliphatic rings. The van der Waals surface area contributed by atoms with E-state index in [4.69, 9.17) is 0 Å². The molecule has 6 N–H and O–H groups in total. The molecule has 5 nitrogen and oxygen atoms in total. The number of hydrogen-bond acceptors (Lipinski definition) is 3. The highest BCUT2D eigenvalue weighted by Crippen LogP contribution is 2.08. The third kappa shape index (κ3) is 21.1. The Morgan fingerprint density at radius 1 is 0.824 bits per heavy atom. The van der Waals surface area contributed by atoms with Gasteiger partial charge in [0.05, 0.1) is 0 Å². The monoisotopic (exact) mass is 246 g/mol. The zero-order valence-electron chi connectivity index (χ0n) is 11.5. The predicted octanol–water partition coefficient (Wildman–Crippen LogP) is 2.65. The second-order valence-electron chi connectivity index (χ2n) is 4.22. The molecule has 0 unspecified atom stereocenters. The Kier molecular flexibility index (Phi) is 16.6. The van der Waals surface area contributed by atoms with E-state index in [9.17, 15) is 4.79 Å². The Morgan fingerprint density at radius 3 is 1.24 bits per heavy atom. The van der Waals surface area contributed by atoms with Crippen molar-refractivity contribution in [3.8, 4) is 0 Å². The standard InChI is InChI=1S/C11H24.CH6N4O/c1-3-5-7-9-11-10-8-6-4-2;2-1(6)5(3)4/h3-11H2,1-2H3;3-4H2,(H2,2,6). The minimum absolute atomic E-state index is 0.306. The number of hydrazine groups is 2. The van der Waals surface area contributed by atoms with Crippen molar-refractivity contribution >= 4 is 6.03 Å². The van der Waals surface area contributed by atoms with Crippen molar-refractivity contribution in [1.29, 1.82) is 0 Å². The maximum absolute atomic E-state index is 9.60. The van der Waals surface area contributed by atoms with Gasteiger partial charge in [0.2, 0.25) is 0 Å². The molecule has 0 spiro atoms. The van der Waals surface area contributed by atoms with E-state index in [0.717, 1.165) is 0 Å². The van der Waals surface area contributed by atoms with Crippen LogP contribution in [0.2, 0.25) is 0 Å². The number of primary amides is 1. The normalized spacial score (nSPS) is 9.41. The second kappa shape index (κ2) is 15.2. The van der Waals surface area contributed by atoms with Crippen LogP contribution in [0.15, 0.2) is 0 Å². The summed E-state index contributed by atoms with van der Waals surface area (Å²) >= 11 is 0. The molecule has 0 fully saturated rings. The number of nitrogens with two attached hydrogens (primary N) is 3. The van der Waals surface area contributed by atoms with Crippen LogP contribution in [-0.2, 0) is 0 Å². The molecule has 0 aliphatic heterocycles. The molecule has 0 atom stereocenters. The third-order valence-corrected chi connectivity index (χ3v) is 2.46. The van der Waals surface area contributed by atoms with Gasteiger partial charge in [-0.15, -0.1) is 0 Å². The molecular formula is C12H30N4O. The van der Waals surface area contributed by atoms with E-state index in [2.05, 4.69) is 31.3 Å². The van der Waals surface area contributed by atoms with E-state index < -0.39 is 6.03 Å². The van der Waals surface area contributed by atoms with E-state index in [1.807, 2.05) is 0 Å². The first-order chi connectivity index (χ1) is 8.06. The fraction of sp³-hybridized carbons (Fsp3) is 0.917. The van der Waals surface area contributed by atoms with Gasteiger partial charge in [-0.1, -0.05) is 71.6 Å². The summed E-state index contributed by atoms with van der Waals surface area (Å²) < 4.78 is 0. The average molecular weight is 246 g/mol. The maximum atomic E-state index is 9.60. The Labute approximate surface area is 106 Å². The van der Waals surface area contributed by atoms with Gasteiger partial charge in [0.1, 0.15) is 0 Å². The molecule has 104 valence electrons. The van der Waals surface area contributed by atoms with E-state index in [1.54, 1.807) is 0 Å². The largest absolute Gasteiger partial charge is 0.349 e. The predicted molar refractivity (Wildman–Crippen MR) is 72.7 cm³/mol. The molecule has 5 heteroatoms. The molecular weight excluding hydrogens is 216 g/mol. The van der Waals surface area contributed by atoms with Crippen molar-refractivity contribution < 1.29 is 4.79 Å². The molecule has 2 amide bonds.